The molecule has 124 valence electrons. The molecule has 25 heavy (non-hydrogen) atoms. The van der Waals surface area contributed by atoms with Crippen LogP contribution >= 0.6 is 11.3 Å². The van der Waals surface area contributed by atoms with Crippen LogP contribution in [0.3, 0.4) is 0 Å². The number of benzene rings is 2. The summed E-state index contributed by atoms with van der Waals surface area (Å²) in [6.45, 7) is 2.28. The fourth-order valence-corrected chi connectivity index (χ4v) is 4.95. The van der Waals surface area contributed by atoms with Crippen LogP contribution in [-0.4, -0.2) is 4.98 Å². The van der Waals surface area contributed by atoms with Crippen molar-refractivity contribution in [1.29, 1.82) is 0 Å². The SMILES string of the molecule is C[C@H]1CCc2nc(-c3cc4c(ccc5ccccc54)oc3=O)sc2C1. The standard InChI is InChI=1S/C21H17NO2S/c1-12-6-8-17-19(10-12)25-20(22-17)16-11-15-14-5-3-2-4-13(14)7-9-18(15)24-21(16)23/h2-5,7,9,11-12H,6,8,10H2,1H3/t12-/m0/s1. The Morgan fingerprint density at radius 1 is 1.16 bits per heavy atom. The average Bonchev–Trinajstić information content (AvgIpc) is 3.03. The molecule has 1 atom stereocenters. The molecular formula is C21H17NO2S. The van der Waals surface area contributed by atoms with Gasteiger partial charge in [0.15, 0.2) is 0 Å². The Bertz CT molecular complexity index is 1170. The maximum Gasteiger partial charge on any atom is 0.346 e. The van der Waals surface area contributed by atoms with Crippen molar-refractivity contribution in [1.82, 2.24) is 4.98 Å². The minimum atomic E-state index is -0.304. The van der Waals surface area contributed by atoms with Crippen LogP contribution in [0.15, 0.2) is 51.7 Å². The van der Waals surface area contributed by atoms with Gasteiger partial charge in [0.2, 0.25) is 0 Å². The summed E-state index contributed by atoms with van der Waals surface area (Å²) in [5.41, 5.74) is 2.07. The fraction of sp³-hybridized carbons (Fsp3) is 0.238. The topological polar surface area (TPSA) is 43.1 Å². The van der Waals surface area contributed by atoms with E-state index in [1.54, 1.807) is 11.3 Å². The van der Waals surface area contributed by atoms with Gasteiger partial charge < -0.3 is 4.42 Å². The van der Waals surface area contributed by atoms with Crippen LogP contribution in [0.1, 0.15) is 23.9 Å². The molecule has 0 fully saturated rings. The van der Waals surface area contributed by atoms with Crippen LogP contribution in [0.5, 0.6) is 0 Å². The van der Waals surface area contributed by atoms with E-state index in [1.807, 2.05) is 30.3 Å². The first kappa shape index (κ1) is 14.8. The van der Waals surface area contributed by atoms with Crippen molar-refractivity contribution in [2.45, 2.75) is 26.2 Å². The number of nitrogens with zero attached hydrogens (tertiary/aromatic N) is 1. The predicted octanol–water partition coefficient (Wildman–Crippen LogP) is 5.19. The smallest absolute Gasteiger partial charge is 0.346 e. The quantitative estimate of drug-likeness (QED) is 0.351. The van der Waals surface area contributed by atoms with Crippen molar-refractivity contribution in [3.8, 4) is 10.6 Å². The zero-order chi connectivity index (χ0) is 17.0. The molecule has 0 amide bonds. The van der Waals surface area contributed by atoms with Gasteiger partial charge in [0.1, 0.15) is 10.6 Å². The fourth-order valence-electron chi connectivity index (χ4n) is 3.68. The molecule has 2 aromatic heterocycles. The zero-order valence-electron chi connectivity index (χ0n) is 13.9. The van der Waals surface area contributed by atoms with Crippen LogP contribution in [0.4, 0.5) is 0 Å². The summed E-state index contributed by atoms with van der Waals surface area (Å²) >= 11 is 1.65. The molecule has 2 aromatic carbocycles. The molecule has 0 unspecified atom stereocenters. The Morgan fingerprint density at radius 2 is 2.04 bits per heavy atom. The van der Waals surface area contributed by atoms with Crippen LogP contribution in [0, 0.1) is 5.92 Å². The van der Waals surface area contributed by atoms with Gasteiger partial charge in [-0.05, 0) is 48.1 Å². The second-order valence-corrected chi connectivity index (χ2v) is 7.97. The third-order valence-electron chi connectivity index (χ3n) is 5.06. The van der Waals surface area contributed by atoms with Crippen molar-refractivity contribution in [3.05, 3.63) is 63.5 Å². The zero-order valence-corrected chi connectivity index (χ0v) is 14.7. The lowest BCUT2D eigenvalue weighted by Gasteiger charge is -2.15. The second kappa shape index (κ2) is 5.53. The van der Waals surface area contributed by atoms with Crippen molar-refractivity contribution in [3.63, 3.8) is 0 Å². The molecule has 0 saturated heterocycles. The molecule has 0 radical (unpaired) electrons. The number of fused-ring (bicyclic) bond motifs is 4. The van der Waals surface area contributed by atoms with Crippen LogP contribution in [-0.2, 0) is 12.8 Å². The Morgan fingerprint density at radius 3 is 2.96 bits per heavy atom. The molecule has 3 nitrogen and oxygen atoms in total. The van der Waals surface area contributed by atoms with Gasteiger partial charge in [-0.3, -0.25) is 0 Å². The van der Waals surface area contributed by atoms with Crippen molar-refractivity contribution < 1.29 is 4.42 Å². The van der Waals surface area contributed by atoms with Gasteiger partial charge in [-0.1, -0.05) is 37.3 Å². The molecule has 1 aliphatic rings. The van der Waals surface area contributed by atoms with E-state index in [1.165, 1.54) is 11.3 Å². The minimum absolute atomic E-state index is 0.304. The molecule has 0 aliphatic heterocycles. The van der Waals surface area contributed by atoms with Crippen LogP contribution in [0.25, 0.3) is 32.3 Å². The van der Waals surface area contributed by atoms with E-state index in [4.69, 9.17) is 9.40 Å². The van der Waals surface area contributed by atoms with E-state index >= 15 is 0 Å². The first-order valence-electron chi connectivity index (χ1n) is 8.63. The van der Waals surface area contributed by atoms with E-state index < -0.39 is 0 Å². The molecule has 5 rings (SSSR count). The second-order valence-electron chi connectivity index (χ2n) is 6.88. The Kier molecular flexibility index (Phi) is 3.28. The van der Waals surface area contributed by atoms with Gasteiger partial charge in [-0.15, -0.1) is 11.3 Å². The lowest BCUT2D eigenvalue weighted by molar-refractivity contribution is 0.502. The Balaban J connectivity index is 1.75. The summed E-state index contributed by atoms with van der Waals surface area (Å²) in [5.74, 6) is 0.692. The number of aryl methyl sites for hydroxylation is 1. The Hall–Kier alpha value is -2.46. The van der Waals surface area contributed by atoms with E-state index in [-0.39, 0.29) is 5.63 Å². The lowest BCUT2D eigenvalue weighted by atomic mass is 9.93. The highest BCUT2D eigenvalue weighted by atomic mass is 32.1. The largest absolute Gasteiger partial charge is 0.422 e. The van der Waals surface area contributed by atoms with E-state index in [9.17, 15) is 4.79 Å². The lowest BCUT2D eigenvalue weighted by Crippen LogP contribution is -2.09. The number of hydrogen-bond donors (Lipinski definition) is 0. The van der Waals surface area contributed by atoms with Gasteiger partial charge in [0.25, 0.3) is 0 Å². The highest BCUT2D eigenvalue weighted by molar-refractivity contribution is 7.15. The van der Waals surface area contributed by atoms with E-state index in [0.717, 1.165) is 39.7 Å². The summed E-state index contributed by atoms with van der Waals surface area (Å²) in [6.07, 6.45) is 3.25. The highest BCUT2D eigenvalue weighted by Gasteiger charge is 2.22. The van der Waals surface area contributed by atoms with Crippen molar-refractivity contribution >= 4 is 33.1 Å². The summed E-state index contributed by atoms with van der Waals surface area (Å²) in [5, 5.41) is 4.00. The average molecular weight is 347 g/mol. The van der Waals surface area contributed by atoms with Crippen LogP contribution < -0.4 is 5.63 Å². The van der Waals surface area contributed by atoms with Gasteiger partial charge in [-0.2, -0.15) is 0 Å². The number of thiazole rings is 1. The highest BCUT2D eigenvalue weighted by Crippen LogP contribution is 2.35. The molecule has 4 heteroatoms. The Labute approximate surface area is 148 Å². The van der Waals surface area contributed by atoms with Crippen molar-refractivity contribution in [2.24, 2.45) is 5.92 Å². The third-order valence-corrected chi connectivity index (χ3v) is 6.21. The first-order chi connectivity index (χ1) is 12.2. The van der Waals surface area contributed by atoms with E-state index in [2.05, 4.69) is 19.1 Å². The molecule has 0 spiro atoms. The number of aromatic nitrogens is 1. The van der Waals surface area contributed by atoms with Gasteiger partial charge in [0.05, 0.1) is 11.3 Å². The molecule has 1 aliphatic carbocycles. The molecular weight excluding hydrogens is 330 g/mol. The van der Waals surface area contributed by atoms with Crippen molar-refractivity contribution in [2.75, 3.05) is 0 Å². The van der Waals surface area contributed by atoms with Crippen LogP contribution in [0.2, 0.25) is 0 Å². The molecule has 0 saturated carbocycles. The summed E-state index contributed by atoms with van der Waals surface area (Å²) in [4.78, 5) is 18.6. The summed E-state index contributed by atoms with van der Waals surface area (Å²) in [6, 6.07) is 14.0. The summed E-state index contributed by atoms with van der Waals surface area (Å²) < 4.78 is 5.62. The maximum atomic E-state index is 12.5. The maximum absolute atomic E-state index is 12.5. The molecule has 2 heterocycles. The van der Waals surface area contributed by atoms with Gasteiger partial charge in [0, 0.05) is 10.3 Å². The van der Waals surface area contributed by atoms with Gasteiger partial charge >= 0.3 is 5.63 Å². The molecule has 0 bridgehead atoms. The summed E-state index contributed by atoms with van der Waals surface area (Å²) in [7, 11) is 0. The molecule has 4 aromatic rings. The monoisotopic (exact) mass is 347 g/mol. The van der Waals surface area contributed by atoms with Gasteiger partial charge in [-0.25, -0.2) is 9.78 Å². The number of rotatable bonds is 1. The van der Waals surface area contributed by atoms with E-state index in [0.29, 0.717) is 17.1 Å². The number of hydrogen-bond acceptors (Lipinski definition) is 4. The third kappa shape index (κ3) is 2.40. The normalized spacial score (nSPS) is 17.1. The molecule has 0 N–H and O–H groups in total. The predicted molar refractivity (Wildman–Crippen MR) is 102 cm³/mol. The first-order valence-corrected chi connectivity index (χ1v) is 9.45. The minimum Gasteiger partial charge on any atom is -0.422 e.